The molecule has 0 radical (unpaired) electrons. The summed E-state index contributed by atoms with van der Waals surface area (Å²) in [7, 11) is -1.91. The maximum Gasteiger partial charge on any atom is 0.573 e. The maximum atomic E-state index is 12.8. The number of nitrogens with zero attached hydrogens (tertiary/aromatic N) is 4. The second kappa shape index (κ2) is 7.45. The van der Waals surface area contributed by atoms with Gasteiger partial charge in [0.05, 0.1) is 0 Å². The molecule has 2 fully saturated rings. The van der Waals surface area contributed by atoms with Crippen LogP contribution >= 0.6 is 0 Å². The fraction of sp³-hybridized carbons (Fsp3) is 0.526. The van der Waals surface area contributed by atoms with Crippen LogP contribution in [0.25, 0.3) is 0 Å². The van der Waals surface area contributed by atoms with E-state index in [4.69, 9.17) is 0 Å². The van der Waals surface area contributed by atoms with Crippen LogP contribution in [0, 0.1) is 5.41 Å². The van der Waals surface area contributed by atoms with Crippen LogP contribution < -0.4 is 9.64 Å². The summed E-state index contributed by atoms with van der Waals surface area (Å²) in [5.41, 5.74) is 0.849. The highest BCUT2D eigenvalue weighted by molar-refractivity contribution is 7.89. The van der Waals surface area contributed by atoms with Gasteiger partial charge in [-0.25, -0.2) is 8.42 Å². The van der Waals surface area contributed by atoms with Gasteiger partial charge >= 0.3 is 6.36 Å². The molecule has 30 heavy (non-hydrogen) atoms. The third kappa shape index (κ3) is 4.27. The summed E-state index contributed by atoms with van der Waals surface area (Å²) in [6, 6.07) is 7.39. The zero-order valence-electron chi connectivity index (χ0n) is 16.5. The Kier molecular flexibility index (Phi) is 5.21. The summed E-state index contributed by atoms with van der Waals surface area (Å²) in [6.07, 6.45) is -0.693. The van der Waals surface area contributed by atoms with Crippen molar-refractivity contribution in [1.82, 2.24) is 14.1 Å². The number of halogens is 3. The van der Waals surface area contributed by atoms with Crippen molar-refractivity contribution in [3.63, 3.8) is 0 Å². The van der Waals surface area contributed by atoms with Gasteiger partial charge in [-0.15, -0.1) is 13.2 Å². The Hall–Kier alpha value is -2.27. The smallest absolute Gasteiger partial charge is 0.406 e. The first-order valence-corrected chi connectivity index (χ1v) is 11.1. The van der Waals surface area contributed by atoms with E-state index >= 15 is 0 Å². The monoisotopic (exact) mass is 444 g/mol. The van der Waals surface area contributed by atoms with E-state index in [1.54, 1.807) is 25.4 Å². The van der Waals surface area contributed by atoms with Crippen LogP contribution in [-0.2, 0) is 17.1 Å². The number of alkyl halides is 3. The number of aryl methyl sites for hydroxylation is 1. The minimum Gasteiger partial charge on any atom is -0.406 e. The minimum absolute atomic E-state index is 0.0112. The van der Waals surface area contributed by atoms with E-state index < -0.39 is 16.4 Å². The molecule has 0 N–H and O–H groups in total. The van der Waals surface area contributed by atoms with E-state index in [1.807, 2.05) is 0 Å². The molecule has 0 aliphatic carbocycles. The molecule has 4 rings (SSSR count). The highest BCUT2D eigenvalue weighted by atomic mass is 32.2. The summed E-state index contributed by atoms with van der Waals surface area (Å²) in [5.74, 6) is -0.242. The van der Waals surface area contributed by atoms with Gasteiger partial charge in [0.15, 0.2) is 5.03 Å². The lowest BCUT2D eigenvalue weighted by Gasteiger charge is -2.38. The first-order valence-electron chi connectivity index (χ1n) is 9.67. The summed E-state index contributed by atoms with van der Waals surface area (Å²) in [4.78, 5) is 2.14. The van der Waals surface area contributed by atoms with Gasteiger partial charge in [0.1, 0.15) is 5.75 Å². The van der Waals surface area contributed by atoms with Crippen LogP contribution in [-0.4, -0.2) is 55.0 Å². The molecular weight excluding hydrogens is 421 g/mol. The van der Waals surface area contributed by atoms with Gasteiger partial charge in [-0.3, -0.25) is 4.68 Å². The van der Waals surface area contributed by atoms with Crippen molar-refractivity contribution in [2.75, 3.05) is 31.1 Å². The Labute approximate surface area is 173 Å². The second-order valence-corrected chi connectivity index (χ2v) is 9.83. The number of anilines is 1. The SMILES string of the molecule is Cn1ccc(S(=O)(=O)N2CCC3(CCN(c4ccc(OC(F)(F)F)cc4)C3)CC2)n1. The highest BCUT2D eigenvalue weighted by Gasteiger charge is 2.43. The van der Waals surface area contributed by atoms with E-state index in [1.165, 1.54) is 27.2 Å². The lowest BCUT2D eigenvalue weighted by molar-refractivity contribution is -0.274. The van der Waals surface area contributed by atoms with E-state index in [0.717, 1.165) is 38.0 Å². The first kappa shape index (κ1) is 21.0. The summed E-state index contributed by atoms with van der Waals surface area (Å²) < 4.78 is 69.4. The number of aromatic nitrogens is 2. The van der Waals surface area contributed by atoms with Crippen molar-refractivity contribution in [2.24, 2.45) is 12.5 Å². The number of benzene rings is 1. The number of rotatable bonds is 4. The molecule has 2 aliphatic heterocycles. The third-order valence-electron chi connectivity index (χ3n) is 5.95. The standard InChI is InChI=1S/C19H23F3N4O3S/c1-24-10-6-17(23-24)30(27,28)26-12-8-18(9-13-26)7-11-25(14-18)15-2-4-16(5-3-15)29-19(20,21)22/h2-6,10H,7-9,11-14H2,1H3. The fourth-order valence-corrected chi connectivity index (χ4v) is 5.68. The van der Waals surface area contributed by atoms with Crippen LogP contribution in [0.1, 0.15) is 19.3 Å². The number of sulfonamides is 1. The molecule has 2 aromatic rings. The zero-order chi connectivity index (χ0) is 21.6. The maximum absolute atomic E-state index is 12.8. The molecule has 3 heterocycles. The number of hydrogen-bond acceptors (Lipinski definition) is 5. The van der Waals surface area contributed by atoms with Crippen LogP contribution in [0.15, 0.2) is 41.6 Å². The average Bonchev–Trinajstić information content (AvgIpc) is 3.29. The van der Waals surface area contributed by atoms with Crippen LogP contribution in [0.5, 0.6) is 5.75 Å². The molecule has 11 heteroatoms. The van der Waals surface area contributed by atoms with E-state index in [2.05, 4.69) is 14.7 Å². The van der Waals surface area contributed by atoms with Crippen molar-refractivity contribution in [3.05, 3.63) is 36.5 Å². The largest absolute Gasteiger partial charge is 0.573 e. The van der Waals surface area contributed by atoms with Crippen molar-refractivity contribution < 1.29 is 26.3 Å². The zero-order valence-corrected chi connectivity index (χ0v) is 17.3. The number of piperidine rings is 1. The van der Waals surface area contributed by atoms with Crippen LogP contribution in [0.3, 0.4) is 0 Å². The average molecular weight is 444 g/mol. The van der Waals surface area contributed by atoms with Gasteiger partial charge in [0.2, 0.25) is 0 Å². The van der Waals surface area contributed by atoms with Crippen LogP contribution in [0.2, 0.25) is 0 Å². The Balaban J connectivity index is 1.38. The highest BCUT2D eigenvalue weighted by Crippen LogP contribution is 2.43. The molecule has 0 atom stereocenters. The van der Waals surface area contributed by atoms with Crippen molar-refractivity contribution in [3.8, 4) is 5.75 Å². The molecule has 164 valence electrons. The molecule has 1 spiro atoms. The Morgan fingerprint density at radius 2 is 1.67 bits per heavy atom. The molecule has 0 saturated carbocycles. The summed E-state index contributed by atoms with van der Waals surface area (Å²) >= 11 is 0. The topological polar surface area (TPSA) is 67.7 Å². The molecule has 1 aromatic carbocycles. The summed E-state index contributed by atoms with van der Waals surface area (Å²) in [5, 5.41) is 4.09. The molecule has 2 saturated heterocycles. The lowest BCUT2D eigenvalue weighted by atomic mass is 9.78. The predicted octanol–water partition coefficient (Wildman–Crippen LogP) is 3.00. The molecule has 0 bridgehead atoms. The van der Waals surface area contributed by atoms with Crippen LogP contribution in [0.4, 0.5) is 18.9 Å². The van der Waals surface area contributed by atoms with Crippen molar-refractivity contribution >= 4 is 15.7 Å². The first-order chi connectivity index (χ1) is 14.1. The summed E-state index contributed by atoms with van der Waals surface area (Å²) in [6.45, 7) is 2.41. The third-order valence-corrected chi connectivity index (χ3v) is 7.74. The van der Waals surface area contributed by atoms with Gasteiger partial charge in [0.25, 0.3) is 10.0 Å². The normalized spacial score (nSPS) is 20.1. The molecule has 0 unspecified atom stereocenters. The second-order valence-electron chi connectivity index (χ2n) is 7.94. The molecule has 1 aromatic heterocycles. The molecule has 0 amide bonds. The van der Waals surface area contributed by atoms with E-state index in [-0.39, 0.29) is 16.2 Å². The molecule has 2 aliphatic rings. The number of ether oxygens (including phenoxy) is 1. The molecule has 7 nitrogen and oxygen atoms in total. The van der Waals surface area contributed by atoms with Gasteiger partial charge < -0.3 is 9.64 Å². The Morgan fingerprint density at radius 1 is 1.03 bits per heavy atom. The Bertz CT molecular complexity index is 997. The van der Waals surface area contributed by atoms with Gasteiger partial charge in [-0.2, -0.15) is 9.40 Å². The molecular formula is C19H23F3N4O3S. The van der Waals surface area contributed by atoms with Crippen molar-refractivity contribution in [1.29, 1.82) is 0 Å². The van der Waals surface area contributed by atoms with E-state index in [9.17, 15) is 21.6 Å². The van der Waals surface area contributed by atoms with Gasteiger partial charge in [-0.05, 0) is 55.0 Å². The quantitative estimate of drug-likeness (QED) is 0.725. The Morgan fingerprint density at radius 3 is 2.23 bits per heavy atom. The van der Waals surface area contributed by atoms with E-state index in [0.29, 0.717) is 13.1 Å². The van der Waals surface area contributed by atoms with Crippen molar-refractivity contribution in [2.45, 2.75) is 30.7 Å². The minimum atomic E-state index is -4.71. The lowest BCUT2D eigenvalue weighted by Crippen LogP contribution is -2.44. The number of hydrogen-bond donors (Lipinski definition) is 0. The fourth-order valence-electron chi connectivity index (χ4n) is 4.29. The van der Waals surface area contributed by atoms with Gasteiger partial charge in [0, 0.05) is 45.1 Å². The predicted molar refractivity (Wildman–Crippen MR) is 104 cm³/mol. The van der Waals surface area contributed by atoms with Gasteiger partial charge in [-0.1, -0.05) is 0 Å².